The summed E-state index contributed by atoms with van der Waals surface area (Å²) in [6, 6.07) is 15.8. The summed E-state index contributed by atoms with van der Waals surface area (Å²) in [6.45, 7) is 4.31. The molecule has 3 rings (SSSR count). The van der Waals surface area contributed by atoms with Crippen molar-refractivity contribution < 1.29 is 9.84 Å². The summed E-state index contributed by atoms with van der Waals surface area (Å²) in [5, 5.41) is 22.5. The van der Waals surface area contributed by atoms with Crippen molar-refractivity contribution in [3.8, 4) is 5.75 Å². The number of rotatable bonds is 8. The lowest BCUT2D eigenvalue weighted by atomic mass is 10.2. The molecule has 0 bridgehead atoms. The lowest BCUT2D eigenvalue weighted by Gasteiger charge is -2.11. The van der Waals surface area contributed by atoms with Crippen LogP contribution < -0.4 is 10.1 Å². The quantitative estimate of drug-likeness (QED) is 0.557. The highest BCUT2D eigenvalue weighted by Gasteiger charge is 2.11. The molecule has 136 valence electrons. The maximum absolute atomic E-state index is 10.1. The minimum absolute atomic E-state index is 0.254. The van der Waals surface area contributed by atoms with Crippen LogP contribution in [0.3, 0.4) is 0 Å². The molecule has 0 aliphatic rings. The summed E-state index contributed by atoms with van der Waals surface area (Å²) < 4.78 is 6.44. The molecule has 0 aliphatic carbocycles. The van der Waals surface area contributed by atoms with Crippen LogP contribution in [0.5, 0.6) is 5.75 Å². The zero-order chi connectivity index (χ0) is 18.4. The molecule has 1 aromatic heterocycles. The van der Waals surface area contributed by atoms with Crippen LogP contribution in [-0.2, 0) is 0 Å². The number of aromatic nitrogens is 2. The number of hydrogen-bond donors (Lipinski definition) is 2. The minimum Gasteiger partial charge on any atom is -0.491 e. The first-order chi connectivity index (χ1) is 12.6. The van der Waals surface area contributed by atoms with Crippen LogP contribution in [0.25, 0.3) is 0 Å². The number of thioether (sulfide) groups is 1. The summed E-state index contributed by atoms with van der Waals surface area (Å²) in [7, 11) is 0. The molecule has 2 N–H and O–H groups in total. The third-order valence-corrected chi connectivity index (χ3v) is 5.74. The van der Waals surface area contributed by atoms with Gasteiger partial charge in [0.15, 0.2) is 4.34 Å². The first-order valence-electron chi connectivity index (χ1n) is 8.26. The number of anilines is 2. The summed E-state index contributed by atoms with van der Waals surface area (Å²) in [5.41, 5.74) is 3.31. The van der Waals surface area contributed by atoms with Gasteiger partial charge in [0, 0.05) is 11.4 Å². The maximum Gasteiger partial charge on any atom is 0.210 e. The lowest BCUT2D eigenvalue weighted by molar-refractivity contribution is 0.126. The molecule has 3 aromatic rings. The molecule has 0 spiro atoms. The standard InChI is InChI=1S/C19H21N3O2S2/c1-13-6-5-8-16(10-13)24-11-15(23)12-25-19-22-21-18(26-19)20-17-9-4-3-7-14(17)2/h3-10,15,23H,11-12H2,1-2H3,(H,20,21)/t15-/m0/s1. The van der Waals surface area contributed by atoms with Crippen LogP contribution in [0.15, 0.2) is 52.9 Å². The molecule has 2 aromatic carbocycles. The monoisotopic (exact) mass is 387 g/mol. The summed E-state index contributed by atoms with van der Waals surface area (Å²) in [5.74, 6) is 1.28. The molecule has 1 heterocycles. The number of hydrogen-bond acceptors (Lipinski definition) is 7. The van der Waals surface area contributed by atoms with E-state index in [0.717, 1.165) is 32.0 Å². The number of aliphatic hydroxyl groups is 1. The SMILES string of the molecule is Cc1cccc(OC[C@H](O)CSc2nnc(Nc3ccccc3C)s2)c1. The highest BCUT2D eigenvalue weighted by Crippen LogP contribution is 2.29. The third-order valence-electron chi connectivity index (χ3n) is 3.62. The Kier molecular flexibility index (Phi) is 6.49. The van der Waals surface area contributed by atoms with Crippen molar-refractivity contribution in [3.63, 3.8) is 0 Å². The molecular weight excluding hydrogens is 366 g/mol. The van der Waals surface area contributed by atoms with Gasteiger partial charge < -0.3 is 15.2 Å². The predicted octanol–water partition coefficient (Wildman–Crippen LogP) is 4.43. The smallest absolute Gasteiger partial charge is 0.210 e. The highest BCUT2D eigenvalue weighted by atomic mass is 32.2. The van der Waals surface area contributed by atoms with Crippen molar-refractivity contribution in [1.29, 1.82) is 0 Å². The van der Waals surface area contributed by atoms with Crippen LogP contribution in [0.1, 0.15) is 11.1 Å². The Labute approximate surface area is 161 Å². The molecule has 7 heteroatoms. The van der Waals surface area contributed by atoms with E-state index in [1.165, 1.54) is 23.1 Å². The maximum atomic E-state index is 10.1. The number of aryl methyl sites for hydroxylation is 2. The number of aliphatic hydroxyl groups excluding tert-OH is 1. The Morgan fingerprint density at radius 3 is 2.81 bits per heavy atom. The Morgan fingerprint density at radius 1 is 1.15 bits per heavy atom. The molecule has 26 heavy (non-hydrogen) atoms. The highest BCUT2D eigenvalue weighted by molar-refractivity contribution is 8.01. The van der Waals surface area contributed by atoms with E-state index in [-0.39, 0.29) is 6.61 Å². The molecule has 0 unspecified atom stereocenters. The van der Waals surface area contributed by atoms with E-state index < -0.39 is 6.10 Å². The molecule has 0 amide bonds. The molecule has 1 atom stereocenters. The van der Waals surface area contributed by atoms with Gasteiger partial charge in [-0.2, -0.15) is 0 Å². The average Bonchev–Trinajstić information content (AvgIpc) is 3.08. The van der Waals surface area contributed by atoms with Crippen molar-refractivity contribution >= 4 is 33.9 Å². The van der Waals surface area contributed by atoms with E-state index in [9.17, 15) is 5.11 Å². The minimum atomic E-state index is -0.572. The topological polar surface area (TPSA) is 67.3 Å². The molecular formula is C19H21N3O2S2. The van der Waals surface area contributed by atoms with Crippen molar-refractivity contribution in [2.75, 3.05) is 17.7 Å². The Balaban J connectivity index is 1.46. The van der Waals surface area contributed by atoms with E-state index in [1.807, 2.05) is 62.4 Å². The van der Waals surface area contributed by atoms with E-state index in [0.29, 0.717) is 5.75 Å². The number of benzene rings is 2. The fourth-order valence-corrected chi connectivity index (χ4v) is 3.96. The first-order valence-corrected chi connectivity index (χ1v) is 10.1. The van der Waals surface area contributed by atoms with Crippen molar-refractivity contribution in [3.05, 3.63) is 59.7 Å². The summed E-state index contributed by atoms with van der Waals surface area (Å²) in [6.07, 6.45) is -0.572. The van der Waals surface area contributed by atoms with Gasteiger partial charge in [-0.15, -0.1) is 10.2 Å². The van der Waals surface area contributed by atoms with Crippen LogP contribution in [0.4, 0.5) is 10.8 Å². The number of ether oxygens (including phenoxy) is 1. The first kappa shape index (κ1) is 18.7. The van der Waals surface area contributed by atoms with Crippen LogP contribution >= 0.6 is 23.1 Å². The molecule has 0 radical (unpaired) electrons. The third kappa shape index (κ3) is 5.45. The van der Waals surface area contributed by atoms with Gasteiger partial charge in [-0.25, -0.2) is 0 Å². The molecule has 0 saturated carbocycles. The Hall–Kier alpha value is -2.09. The van der Waals surface area contributed by atoms with Gasteiger partial charge >= 0.3 is 0 Å². The second-order valence-corrected chi connectivity index (χ2v) is 8.15. The zero-order valence-electron chi connectivity index (χ0n) is 14.7. The van der Waals surface area contributed by atoms with E-state index in [4.69, 9.17) is 4.74 Å². The lowest BCUT2D eigenvalue weighted by Crippen LogP contribution is -2.20. The van der Waals surface area contributed by atoms with Crippen molar-refractivity contribution in [1.82, 2.24) is 10.2 Å². The predicted molar refractivity (Wildman–Crippen MR) is 108 cm³/mol. The van der Waals surface area contributed by atoms with E-state index >= 15 is 0 Å². The molecule has 0 saturated heterocycles. The van der Waals surface area contributed by atoms with Gasteiger partial charge in [-0.3, -0.25) is 0 Å². The fourth-order valence-electron chi connectivity index (χ4n) is 2.26. The second kappa shape index (κ2) is 9.02. The van der Waals surface area contributed by atoms with Crippen LogP contribution in [0.2, 0.25) is 0 Å². The van der Waals surface area contributed by atoms with E-state index in [2.05, 4.69) is 15.5 Å². The fraction of sp³-hybridized carbons (Fsp3) is 0.263. The molecule has 5 nitrogen and oxygen atoms in total. The normalized spacial score (nSPS) is 12.0. The van der Waals surface area contributed by atoms with Crippen LogP contribution in [0, 0.1) is 13.8 Å². The largest absolute Gasteiger partial charge is 0.491 e. The molecule has 0 aliphatic heterocycles. The van der Waals surface area contributed by atoms with Gasteiger partial charge in [0.1, 0.15) is 12.4 Å². The zero-order valence-corrected chi connectivity index (χ0v) is 16.3. The van der Waals surface area contributed by atoms with Crippen molar-refractivity contribution in [2.24, 2.45) is 0 Å². The Morgan fingerprint density at radius 2 is 2.00 bits per heavy atom. The van der Waals surface area contributed by atoms with Gasteiger partial charge in [-0.1, -0.05) is 53.4 Å². The Bertz CT molecular complexity index is 854. The van der Waals surface area contributed by atoms with Gasteiger partial charge in [0.05, 0.1) is 6.10 Å². The van der Waals surface area contributed by atoms with Crippen LogP contribution in [-0.4, -0.2) is 33.8 Å². The molecule has 0 fully saturated rings. The second-order valence-electron chi connectivity index (χ2n) is 5.91. The summed E-state index contributed by atoms with van der Waals surface area (Å²) >= 11 is 2.95. The summed E-state index contributed by atoms with van der Waals surface area (Å²) in [4.78, 5) is 0. The number of para-hydroxylation sites is 1. The van der Waals surface area contributed by atoms with Gasteiger partial charge in [-0.05, 0) is 43.2 Å². The van der Waals surface area contributed by atoms with E-state index in [1.54, 1.807) is 0 Å². The van der Waals surface area contributed by atoms with Crippen molar-refractivity contribution in [2.45, 2.75) is 24.3 Å². The number of nitrogens with zero attached hydrogens (tertiary/aromatic N) is 2. The number of nitrogens with one attached hydrogen (secondary N) is 1. The average molecular weight is 388 g/mol. The van der Waals surface area contributed by atoms with Gasteiger partial charge in [0.2, 0.25) is 5.13 Å². The van der Waals surface area contributed by atoms with Gasteiger partial charge in [0.25, 0.3) is 0 Å².